The second-order valence-corrected chi connectivity index (χ2v) is 9.60. The van der Waals surface area contributed by atoms with E-state index < -0.39 is 24.4 Å². The average molecular weight is 502 g/mol. The summed E-state index contributed by atoms with van der Waals surface area (Å²) in [5, 5.41) is 4.16. The molecular weight excluding hydrogens is 466 g/mol. The molecule has 0 N–H and O–H groups in total. The van der Waals surface area contributed by atoms with Gasteiger partial charge < -0.3 is 18.9 Å². The Morgan fingerprint density at radius 2 is 1.24 bits per heavy atom. The standard InChI is InChI=1S/C30H35N3O4/c1-22(2)28-27(32-33-31)30(36-20-25-16-10-5-11-17-25)29(35-19-24-14-8-4-9-15-24)26(37-28)21-34-18-23-12-6-3-7-13-23/h3-17,22,26-30H,18-21H2,1-2H3/t26?,27?,28-,29-,30+/m0/s1. The molecule has 7 nitrogen and oxygen atoms in total. The van der Waals surface area contributed by atoms with E-state index in [0.717, 1.165) is 16.7 Å². The minimum atomic E-state index is -0.542. The number of benzene rings is 3. The molecule has 5 atom stereocenters. The zero-order valence-electron chi connectivity index (χ0n) is 21.4. The van der Waals surface area contributed by atoms with Crippen molar-refractivity contribution >= 4 is 0 Å². The highest BCUT2D eigenvalue weighted by atomic mass is 16.6. The van der Waals surface area contributed by atoms with Crippen molar-refractivity contribution in [1.82, 2.24) is 0 Å². The Kier molecular flexibility index (Phi) is 10.1. The maximum absolute atomic E-state index is 9.43. The third kappa shape index (κ3) is 7.65. The first kappa shape index (κ1) is 26.9. The Bertz CT molecular complexity index is 1110. The van der Waals surface area contributed by atoms with Gasteiger partial charge in [-0.25, -0.2) is 0 Å². The summed E-state index contributed by atoms with van der Waals surface area (Å²) in [4.78, 5) is 3.16. The predicted octanol–water partition coefficient (Wildman–Crippen LogP) is 6.48. The van der Waals surface area contributed by atoms with Gasteiger partial charge in [-0.1, -0.05) is 110 Å². The van der Waals surface area contributed by atoms with E-state index >= 15 is 0 Å². The van der Waals surface area contributed by atoms with Crippen LogP contribution < -0.4 is 0 Å². The van der Waals surface area contributed by atoms with Crippen LogP contribution >= 0.6 is 0 Å². The number of hydrogen-bond acceptors (Lipinski definition) is 5. The fourth-order valence-electron chi connectivity index (χ4n) is 4.63. The summed E-state index contributed by atoms with van der Waals surface area (Å²) in [6.45, 7) is 5.67. The SMILES string of the molecule is CC(C)[C@@H]1OC(COCc2ccccc2)[C@H](OCc2ccccc2)[C@H](OCc2ccccc2)C1N=[N+]=[N-]. The molecule has 0 aliphatic carbocycles. The lowest BCUT2D eigenvalue weighted by molar-refractivity contribution is -0.234. The molecule has 1 aliphatic heterocycles. The first-order valence-electron chi connectivity index (χ1n) is 12.8. The summed E-state index contributed by atoms with van der Waals surface area (Å²) in [6.07, 6.45) is -1.74. The van der Waals surface area contributed by atoms with Crippen molar-refractivity contribution in [2.75, 3.05) is 6.61 Å². The van der Waals surface area contributed by atoms with Crippen molar-refractivity contribution in [2.45, 2.75) is 64.1 Å². The second kappa shape index (κ2) is 13.9. The maximum Gasteiger partial charge on any atom is 0.113 e. The van der Waals surface area contributed by atoms with Gasteiger partial charge in [-0.15, -0.1) is 0 Å². The molecule has 0 amide bonds. The van der Waals surface area contributed by atoms with E-state index in [2.05, 4.69) is 23.9 Å². The van der Waals surface area contributed by atoms with Crippen LogP contribution in [0.5, 0.6) is 0 Å². The summed E-state index contributed by atoms with van der Waals surface area (Å²) in [6, 6.07) is 29.4. The molecule has 4 rings (SSSR count). The summed E-state index contributed by atoms with van der Waals surface area (Å²) in [5.74, 6) is 0.102. The van der Waals surface area contributed by atoms with Crippen LogP contribution in [0.1, 0.15) is 30.5 Å². The van der Waals surface area contributed by atoms with Crippen LogP contribution in [0.25, 0.3) is 10.4 Å². The monoisotopic (exact) mass is 501 g/mol. The summed E-state index contributed by atoms with van der Waals surface area (Å²) < 4.78 is 25.6. The third-order valence-corrected chi connectivity index (χ3v) is 6.50. The quantitative estimate of drug-likeness (QED) is 0.162. The first-order chi connectivity index (χ1) is 18.2. The molecular formula is C30H35N3O4. The van der Waals surface area contributed by atoms with Crippen LogP contribution in [0.4, 0.5) is 0 Å². The topological polar surface area (TPSA) is 85.7 Å². The lowest BCUT2D eigenvalue weighted by atomic mass is 9.87. The van der Waals surface area contributed by atoms with Crippen molar-refractivity contribution in [3.63, 3.8) is 0 Å². The van der Waals surface area contributed by atoms with Gasteiger partial charge in [0, 0.05) is 4.91 Å². The number of rotatable bonds is 12. The van der Waals surface area contributed by atoms with Gasteiger partial charge in [0.1, 0.15) is 12.2 Å². The molecule has 3 aromatic rings. The highest BCUT2D eigenvalue weighted by Gasteiger charge is 2.48. The first-order valence-corrected chi connectivity index (χ1v) is 12.8. The van der Waals surface area contributed by atoms with Crippen molar-refractivity contribution in [3.8, 4) is 0 Å². The summed E-state index contributed by atoms with van der Waals surface area (Å²) in [5.41, 5.74) is 12.6. The van der Waals surface area contributed by atoms with Crippen LogP contribution in [0.3, 0.4) is 0 Å². The van der Waals surface area contributed by atoms with Crippen molar-refractivity contribution in [1.29, 1.82) is 0 Å². The Labute approximate surface area is 219 Å². The van der Waals surface area contributed by atoms with Gasteiger partial charge in [0.05, 0.1) is 44.7 Å². The molecule has 3 aromatic carbocycles. The van der Waals surface area contributed by atoms with E-state index in [1.165, 1.54) is 0 Å². The van der Waals surface area contributed by atoms with Crippen molar-refractivity contribution < 1.29 is 18.9 Å². The Balaban J connectivity index is 1.58. The molecule has 1 heterocycles. The zero-order valence-corrected chi connectivity index (χ0v) is 21.4. The molecule has 1 saturated heterocycles. The van der Waals surface area contributed by atoms with Crippen molar-refractivity contribution in [3.05, 3.63) is 118 Å². The highest BCUT2D eigenvalue weighted by Crippen LogP contribution is 2.33. The van der Waals surface area contributed by atoms with Crippen LogP contribution in [0, 0.1) is 5.92 Å². The van der Waals surface area contributed by atoms with E-state index in [-0.39, 0.29) is 12.0 Å². The van der Waals surface area contributed by atoms with E-state index in [1.54, 1.807) is 0 Å². The Morgan fingerprint density at radius 1 is 0.757 bits per heavy atom. The molecule has 1 aliphatic rings. The minimum absolute atomic E-state index is 0.102. The summed E-state index contributed by atoms with van der Waals surface area (Å²) >= 11 is 0. The molecule has 0 aromatic heterocycles. The lowest BCUT2D eigenvalue weighted by Gasteiger charge is -2.46. The van der Waals surface area contributed by atoms with E-state index in [9.17, 15) is 5.53 Å². The molecule has 0 bridgehead atoms. The van der Waals surface area contributed by atoms with Gasteiger partial charge in [0.15, 0.2) is 0 Å². The van der Waals surface area contributed by atoms with Crippen LogP contribution in [-0.4, -0.2) is 37.1 Å². The summed E-state index contributed by atoms with van der Waals surface area (Å²) in [7, 11) is 0. The zero-order chi connectivity index (χ0) is 25.9. The average Bonchev–Trinajstić information content (AvgIpc) is 2.93. The van der Waals surface area contributed by atoms with Crippen LogP contribution in [-0.2, 0) is 38.8 Å². The molecule has 1 fully saturated rings. The van der Waals surface area contributed by atoms with E-state index in [4.69, 9.17) is 18.9 Å². The van der Waals surface area contributed by atoms with Gasteiger partial charge >= 0.3 is 0 Å². The number of azide groups is 1. The number of nitrogens with zero attached hydrogens (tertiary/aromatic N) is 3. The Hall–Kier alpha value is -3.19. The normalized spacial score (nSPS) is 23.5. The van der Waals surface area contributed by atoms with Gasteiger partial charge in [-0.3, -0.25) is 0 Å². The van der Waals surface area contributed by atoms with Gasteiger partial charge in [-0.05, 0) is 28.1 Å². The number of hydrogen-bond donors (Lipinski definition) is 0. The fraction of sp³-hybridized carbons (Fsp3) is 0.400. The Morgan fingerprint density at radius 3 is 1.73 bits per heavy atom. The molecule has 0 radical (unpaired) electrons. The molecule has 0 spiro atoms. The highest BCUT2D eigenvalue weighted by molar-refractivity contribution is 5.15. The lowest BCUT2D eigenvalue weighted by Crippen LogP contribution is -2.60. The van der Waals surface area contributed by atoms with Crippen LogP contribution in [0.2, 0.25) is 0 Å². The molecule has 194 valence electrons. The second-order valence-electron chi connectivity index (χ2n) is 9.60. The largest absolute Gasteiger partial charge is 0.374 e. The van der Waals surface area contributed by atoms with Gasteiger partial charge in [0.25, 0.3) is 0 Å². The van der Waals surface area contributed by atoms with Gasteiger partial charge in [-0.2, -0.15) is 0 Å². The number of ether oxygens (including phenoxy) is 4. The third-order valence-electron chi connectivity index (χ3n) is 6.50. The fourth-order valence-corrected chi connectivity index (χ4v) is 4.63. The van der Waals surface area contributed by atoms with E-state index in [0.29, 0.717) is 26.4 Å². The predicted molar refractivity (Wildman–Crippen MR) is 143 cm³/mol. The maximum atomic E-state index is 9.43. The smallest absolute Gasteiger partial charge is 0.113 e. The molecule has 0 saturated carbocycles. The molecule has 2 unspecified atom stereocenters. The molecule has 37 heavy (non-hydrogen) atoms. The van der Waals surface area contributed by atoms with E-state index in [1.807, 2.05) is 91.0 Å². The van der Waals surface area contributed by atoms with Crippen molar-refractivity contribution in [2.24, 2.45) is 11.0 Å². The minimum Gasteiger partial charge on any atom is -0.374 e. The molecule has 7 heteroatoms. The van der Waals surface area contributed by atoms with Gasteiger partial charge in [0.2, 0.25) is 0 Å². The van der Waals surface area contributed by atoms with Crippen LogP contribution in [0.15, 0.2) is 96.1 Å².